The summed E-state index contributed by atoms with van der Waals surface area (Å²) in [6.07, 6.45) is 1.78. The van der Waals surface area contributed by atoms with Crippen LogP contribution in [0.2, 0.25) is 0 Å². The molecule has 8 nitrogen and oxygen atoms in total. The van der Waals surface area contributed by atoms with Gasteiger partial charge < -0.3 is 4.90 Å². The maximum Gasteiger partial charge on any atom is 0.333 e. The van der Waals surface area contributed by atoms with Crippen molar-refractivity contribution in [3.05, 3.63) is 66.0 Å². The molecule has 9 heteroatoms. The van der Waals surface area contributed by atoms with Gasteiger partial charge in [-0.15, -0.1) is 0 Å². The molecule has 2 saturated heterocycles. The molecule has 5 rings (SSSR count). The number of urea groups is 1. The van der Waals surface area contributed by atoms with Gasteiger partial charge in [-0.2, -0.15) is 0 Å². The zero-order chi connectivity index (χ0) is 25.2. The number of amidine groups is 2. The second-order valence-electron chi connectivity index (χ2n) is 9.55. The van der Waals surface area contributed by atoms with Gasteiger partial charge in [-0.1, -0.05) is 30.3 Å². The second kappa shape index (κ2) is 10.2. The lowest BCUT2D eigenvalue weighted by molar-refractivity contribution is -0.536. The minimum absolute atomic E-state index is 0.229. The van der Waals surface area contributed by atoms with E-state index in [4.69, 9.17) is 4.99 Å². The second-order valence-corrected chi connectivity index (χ2v) is 9.55. The molecule has 0 bridgehead atoms. The Morgan fingerprint density at radius 2 is 1.64 bits per heavy atom. The quantitative estimate of drug-likeness (QED) is 0.558. The summed E-state index contributed by atoms with van der Waals surface area (Å²) in [5.74, 6) is 0.892. The first kappa shape index (κ1) is 24.1. The van der Waals surface area contributed by atoms with Gasteiger partial charge in [0.1, 0.15) is 12.4 Å². The lowest BCUT2D eigenvalue weighted by Gasteiger charge is -2.35. The van der Waals surface area contributed by atoms with Crippen LogP contribution in [0.15, 0.2) is 59.6 Å². The fourth-order valence-corrected chi connectivity index (χ4v) is 5.15. The maximum atomic E-state index is 13.3. The summed E-state index contributed by atoms with van der Waals surface area (Å²) in [4.78, 5) is 37.8. The van der Waals surface area contributed by atoms with Crippen LogP contribution in [0.1, 0.15) is 12.0 Å². The summed E-state index contributed by atoms with van der Waals surface area (Å²) in [5.41, 5.74) is 2.28. The van der Waals surface area contributed by atoms with E-state index < -0.39 is 6.04 Å². The number of carbonyl (C=O) groups excluding carboxylic acids is 2. The van der Waals surface area contributed by atoms with Gasteiger partial charge in [-0.3, -0.25) is 19.5 Å². The van der Waals surface area contributed by atoms with Crippen LogP contribution < -0.4 is 4.90 Å². The molecule has 0 N–H and O–H groups in total. The van der Waals surface area contributed by atoms with E-state index in [0.29, 0.717) is 18.9 Å². The summed E-state index contributed by atoms with van der Waals surface area (Å²) in [7, 11) is 3.22. The van der Waals surface area contributed by atoms with Gasteiger partial charge in [-0.05, 0) is 47.7 Å². The number of hydrogen-bond donors (Lipinski definition) is 0. The van der Waals surface area contributed by atoms with Crippen LogP contribution in [0.5, 0.6) is 0 Å². The van der Waals surface area contributed by atoms with Gasteiger partial charge in [-0.25, -0.2) is 13.8 Å². The number of halogens is 1. The lowest BCUT2D eigenvalue weighted by atomic mass is 10.1. The third kappa shape index (κ3) is 4.75. The van der Waals surface area contributed by atoms with E-state index in [1.54, 1.807) is 7.05 Å². The van der Waals surface area contributed by atoms with E-state index >= 15 is 0 Å². The number of rotatable bonds is 7. The standard InChI is InChI=1S/C27H32FN6O2/c1-30-25-24(26(35)31(2)27(30)36)34(14-6-9-20-7-4-3-5-8-20)23(29-25)19-32-15-17-33(18-16-32)22-12-10-21(28)11-13-22/h3-5,7-8,10-13,24H,6,9,14-19H2,1-2H3/q+1. The molecule has 3 amide bonds. The van der Waals surface area contributed by atoms with E-state index in [9.17, 15) is 14.0 Å². The largest absolute Gasteiger partial charge is 0.369 e. The molecule has 0 aromatic heterocycles. The van der Waals surface area contributed by atoms with E-state index in [0.717, 1.165) is 50.5 Å². The van der Waals surface area contributed by atoms with Crippen molar-refractivity contribution in [3.63, 3.8) is 0 Å². The van der Waals surface area contributed by atoms with Gasteiger partial charge in [0, 0.05) is 46.0 Å². The SMILES string of the molecule is CN1C(=O)C2C(=NC(CN3CCN(c4ccc(F)cc4)CC3)=[N+]2CCCc2ccccc2)N(C)C1=O. The number of amides is 3. The molecule has 1 atom stereocenters. The Kier molecular flexibility index (Phi) is 6.82. The molecule has 2 fully saturated rings. The molecule has 0 aliphatic carbocycles. The zero-order valence-electron chi connectivity index (χ0n) is 20.8. The predicted molar refractivity (Wildman–Crippen MR) is 137 cm³/mol. The van der Waals surface area contributed by atoms with Gasteiger partial charge in [0.05, 0.1) is 6.54 Å². The van der Waals surface area contributed by atoms with Crippen molar-refractivity contribution in [3.8, 4) is 0 Å². The molecule has 1 unspecified atom stereocenters. The Morgan fingerprint density at radius 1 is 0.944 bits per heavy atom. The number of carbonyl (C=O) groups is 2. The van der Waals surface area contributed by atoms with Crippen LogP contribution >= 0.6 is 0 Å². The first-order valence-corrected chi connectivity index (χ1v) is 12.5. The Labute approximate surface area is 210 Å². The zero-order valence-corrected chi connectivity index (χ0v) is 20.8. The number of nitrogens with zero attached hydrogens (tertiary/aromatic N) is 6. The first-order valence-electron chi connectivity index (χ1n) is 12.5. The highest BCUT2D eigenvalue weighted by Gasteiger charge is 2.52. The number of aryl methyl sites for hydroxylation is 1. The Hall–Kier alpha value is -3.59. The molecule has 3 aliphatic rings. The van der Waals surface area contributed by atoms with E-state index in [1.165, 1.54) is 34.5 Å². The average Bonchev–Trinajstić information content (AvgIpc) is 3.26. The normalized spacial score (nSPS) is 20.8. The first-order chi connectivity index (χ1) is 17.4. The highest BCUT2D eigenvalue weighted by atomic mass is 19.1. The number of benzene rings is 2. The molecule has 2 aromatic rings. The Bertz CT molecular complexity index is 1190. The molecule has 0 saturated carbocycles. The van der Waals surface area contributed by atoms with Crippen LogP contribution in [-0.4, -0.2) is 102 Å². The van der Waals surface area contributed by atoms with Crippen molar-refractivity contribution in [2.24, 2.45) is 4.99 Å². The van der Waals surface area contributed by atoms with Crippen molar-refractivity contribution in [2.75, 3.05) is 58.3 Å². The summed E-state index contributed by atoms with van der Waals surface area (Å²) in [6.45, 7) is 4.61. The summed E-state index contributed by atoms with van der Waals surface area (Å²) >= 11 is 0. The maximum absolute atomic E-state index is 13.3. The monoisotopic (exact) mass is 491 g/mol. The fourth-order valence-electron chi connectivity index (χ4n) is 5.15. The summed E-state index contributed by atoms with van der Waals surface area (Å²) in [6, 6.07) is 16.0. The van der Waals surface area contributed by atoms with Crippen LogP contribution in [0.4, 0.5) is 14.9 Å². The Morgan fingerprint density at radius 3 is 2.33 bits per heavy atom. The minimum atomic E-state index is -0.566. The number of fused-ring (bicyclic) bond motifs is 1. The van der Waals surface area contributed by atoms with E-state index in [2.05, 4.69) is 26.5 Å². The molecular weight excluding hydrogens is 459 g/mol. The third-order valence-electron chi connectivity index (χ3n) is 7.25. The number of anilines is 1. The van der Waals surface area contributed by atoms with Crippen LogP contribution in [-0.2, 0) is 11.2 Å². The smallest absolute Gasteiger partial charge is 0.333 e. The highest BCUT2D eigenvalue weighted by molar-refractivity contribution is 6.23. The van der Waals surface area contributed by atoms with Crippen molar-refractivity contribution in [2.45, 2.75) is 18.9 Å². The fraction of sp³-hybridized carbons (Fsp3) is 0.407. The molecule has 0 radical (unpaired) electrons. The third-order valence-corrected chi connectivity index (χ3v) is 7.25. The van der Waals surface area contributed by atoms with Crippen molar-refractivity contribution in [1.82, 2.24) is 14.7 Å². The number of hydrogen-bond acceptors (Lipinski definition) is 5. The number of aliphatic imine (C=N–C) groups is 1. The topological polar surface area (TPSA) is 62.5 Å². The van der Waals surface area contributed by atoms with Crippen LogP contribution in [0.25, 0.3) is 0 Å². The average molecular weight is 492 g/mol. The number of imide groups is 1. The number of likely N-dealkylation sites (N-methyl/N-ethyl adjacent to an activating group) is 2. The Balaban J connectivity index is 1.31. The molecule has 2 aromatic carbocycles. The van der Waals surface area contributed by atoms with Gasteiger partial charge in [0.2, 0.25) is 0 Å². The molecule has 188 valence electrons. The van der Waals surface area contributed by atoms with Gasteiger partial charge in [0.15, 0.2) is 0 Å². The minimum Gasteiger partial charge on any atom is -0.369 e. The van der Waals surface area contributed by atoms with Crippen molar-refractivity contribution in [1.29, 1.82) is 0 Å². The molecule has 3 heterocycles. The molecular formula is C27H32FN6O2+. The molecule has 0 spiro atoms. The lowest BCUT2D eigenvalue weighted by Crippen LogP contribution is -2.61. The summed E-state index contributed by atoms with van der Waals surface area (Å²) < 4.78 is 15.4. The highest BCUT2D eigenvalue weighted by Crippen LogP contribution is 2.21. The summed E-state index contributed by atoms with van der Waals surface area (Å²) in [5, 5.41) is 0. The van der Waals surface area contributed by atoms with Crippen LogP contribution in [0, 0.1) is 5.82 Å². The molecule has 36 heavy (non-hydrogen) atoms. The van der Waals surface area contributed by atoms with E-state index in [-0.39, 0.29) is 17.8 Å². The predicted octanol–water partition coefficient (Wildman–Crippen LogP) is 2.30. The van der Waals surface area contributed by atoms with Crippen molar-refractivity contribution < 1.29 is 18.6 Å². The van der Waals surface area contributed by atoms with Gasteiger partial charge >= 0.3 is 11.9 Å². The number of piperazine rings is 1. The van der Waals surface area contributed by atoms with E-state index in [1.807, 2.05) is 30.3 Å². The van der Waals surface area contributed by atoms with Crippen LogP contribution in [0.3, 0.4) is 0 Å². The molecule has 3 aliphatic heterocycles. The van der Waals surface area contributed by atoms with Crippen molar-refractivity contribution >= 4 is 29.3 Å². The van der Waals surface area contributed by atoms with Gasteiger partial charge in [0.25, 0.3) is 17.8 Å².